The first kappa shape index (κ1) is 16.5. The number of oxazole rings is 1. The predicted molar refractivity (Wildman–Crippen MR) is 100 cm³/mol. The minimum absolute atomic E-state index is 0.100. The predicted octanol–water partition coefficient (Wildman–Crippen LogP) is 3.41. The Morgan fingerprint density at radius 2 is 2.22 bits per heavy atom. The normalized spacial score (nSPS) is 10.7. The van der Waals surface area contributed by atoms with E-state index in [-0.39, 0.29) is 6.01 Å². The minimum Gasteiger partial charge on any atom is -0.481 e. The molecule has 27 heavy (non-hydrogen) atoms. The van der Waals surface area contributed by atoms with Crippen LogP contribution in [0.25, 0.3) is 33.4 Å². The molecular formula is C19H15N5O3. The molecule has 0 saturated heterocycles. The molecule has 4 rings (SSSR count). The largest absolute Gasteiger partial charge is 0.481 e. The van der Waals surface area contributed by atoms with E-state index >= 15 is 0 Å². The van der Waals surface area contributed by atoms with Gasteiger partial charge in [0.05, 0.1) is 7.11 Å². The van der Waals surface area contributed by atoms with Crippen LogP contribution in [0, 0.1) is 0 Å². The molecule has 0 bridgehead atoms. The maximum absolute atomic E-state index is 11.4. The Morgan fingerprint density at radius 1 is 1.33 bits per heavy atom. The molecule has 0 fully saturated rings. The lowest BCUT2D eigenvalue weighted by atomic mass is 10.1. The summed E-state index contributed by atoms with van der Waals surface area (Å²) < 4.78 is 10.5. The molecule has 8 nitrogen and oxygen atoms in total. The van der Waals surface area contributed by atoms with Crippen LogP contribution in [0.3, 0.4) is 0 Å². The third kappa shape index (κ3) is 3.15. The molecular weight excluding hydrogens is 346 g/mol. The van der Waals surface area contributed by atoms with E-state index < -0.39 is 5.91 Å². The number of anilines is 1. The Labute approximate surface area is 153 Å². The molecule has 4 aromatic heterocycles. The topological polar surface area (TPSA) is 106 Å². The number of aromatic amines is 1. The average molecular weight is 361 g/mol. The number of nitrogens with zero attached hydrogens (tertiary/aromatic N) is 3. The first-order chi connectivity index (χ1) is 13.2. The summed E-state index contributed by atoms with van der Waals surface area (Å²) in [7, 11) is 1.58. The van der Waals surface area contributed by atoms with Gasteiger partial charge in [0.2, 0.25) is 5.88 Å². The van der Waals surface area contributed by atoms with Crippen LogP contribution in [-0.2, 0) is 4.79 Å². The van der Waals surface area contributed by atoms with Gasteiger partial charge >= 0.3 is 6.01 Å². The molecule has 4 heterocycles. The Bertz CT molecular complexity index is 1150. The number of nitrogens with one attached hydrogen (secondary N) is 2. The van der Waals surface area contributed by atoms with Crippen molar-refractivity contribution in [1.29, 1.82) is 0 Å². The Hall–Kier alpha value is -3.94. The van der Waals surface area contributed by atoms with Gasteiger partial charge in [0, 0.05) is 41.2 Å². The van der Waals surface area contributed by atoms with Crippen molar-refractivity contribution in [3.05, 3.63) is 55.7 Å². The summed E-state index contributed by atoms with van der Waals surface area (Å²) in [6, 6.07) is 5.81. The van der Waals surface area contributed by atoms with Crippen molar-refractivity contribution >= 4 is 23.0 Å². The van der Waals surface area contributed by atoms with Crippen molar-refractivity contribution in [3.63, 3.8) is 0 Å². The highest BCUT2D eigenvalue weighted by Crippen LogP contribution is 2.32. The summed E-state index contributed by atoms with van der Waals surface area (Å²) in [6.45, 7) is 3.39. The number of pyridine rings is 2. The van der Waals surface area contributed by atoms with Crippen LogP contribution < -0.4 is 10.1 Å². The molecule has 0 saturated carbocycles. The van der Waals surface area contributed by atoms with Gasteiger partial charge in [-0.05, 0) is 23.8 Å². The third-order valence-electron chi connectivity index (χ3n) is 4.00. The van der Waals surface area contributed by atoms with E-state index in [0.29, 0.717) is 11.6 Å². The van der Waals surface area contributed by atoms with Crippen molar-refractivity contribution in [3.8, 4) is 28.3 Å². The van der Waals surface area contributed by atoms with Gasteiger partial charge in [0.15, 0.2) is 0 Å². The molecule has 0 spiro atoms. The fourth-order valence-corrected chi connectivity index (χ4v) is 2.69. The summed E-state index contributed by atoms with van der Waals surface area (Å²) in [4.78, 5) is 27.4. The van der Waals surface area contributed by atoms with Crippen molar-refractivity contribution in [2.24, 2.45) is 0 Å². The monoisotopic (exact) mass is 361 g/mol. The maximum atomic E-state index is 11.4. The lowest BCUT2D eigenvalue weighted by Gasteiger charge is -2.03. The zero-order valence-electron chi connectivity index (χ0n) is 14.4. The van der Waals surface area contributed by atoms with Crippen molar-refractivity contribution in [2.45, 2.75) is 0 Å². The van der Waals surface area contributed by atoms with Gasteiger partial charge in [-0.1, -0.05) is 6.58 Å². The summed E-state index contributed by atoms with van der Waals surface area (Å²) in [6.07, 6.45) is 7.87. The van der Waals surface area contributed by atoms with Crippen molar-refractivity contribution in [2.75, 3.05) is 12.4 Å². The second-order valence-electron chi connectivity index (χ2n) is 5.64. The van der Waals surface area contributed by atoms with Gasteiger partial charge in [-0.25, -0.2) is 9.97 Å². The Morgan fingerprint density at radius 3 is 3.04 bits per heavy atom. The van der Waals surface area contributed by atoms with Crippen LogP contribution >= 0.6 is 0 Å². The van der Waals surface area contributed by atoms with E-state index in [1.807, 2.05) is 24.4 Å². The molecule has 4 aromatic rings. The second-order valence-corrected chi connectivity index (χ2v) is 5.64. The number of amides is 1. The molecule has 1 amide bonds. The van der Waals surface area contributed by atoms with Gasteiger partial charge in [-0.2, -0.15) is 4.98 Å². The van der Waals surface area contributed by atoms with Gasteiger partial charge in [-0.15, -0.1) is 0 Å². The van der Waals surface area contributed by atoms with Crippen LogP contribution in [-0.4, -0.2) is 33.0 Å². The SMILES string of the molecule is C=CC(=O)Nc1nc(-c2cnc3[nH]cc(-c4ccnc(OC)c4)c3c2)co1. The van der Waals surface area contributed by atoms with Gasteiger partial charge in [0.25, 0.3) is 5.91 Å². The third-order valence-corrected chi connectivity index (χ3v) is 4.00. The maximum Gasteiger partial charge on any atom is 0.302 e. The minimum atomic E-state index is -0.392. The summed E-state index contributed by atoms with van der Waals surface area (Å²) in [5.41, 5.74) is 3.97. The van der Waals surface area contributed by atoms with Crippen LogP contribution in [0.5, 0.6) is 5.88 Å². The fraction of sp³-hybridized carbons (Fsp3) is 0.0526. The molecule has 0 aliphatic rings. The van der Waals surface area contributed by atoms with E-state index in [9.17, 15) is 4.79 Å². The zero-order valence-corrected chi connectivity index (χ0v) is 14.4. The van der Waals surface area contributed by atoms with Crippen LogP contribution in [0.2, 0.25) is 0 Å². The van der Waals surface area contributed by atoms with E-state index in [1.165, 1.54) is 6.26 Å². The molecule has 0 radical (unpaired) electrons. The van der Waals surface area contributed by atoms with E-state index in [4.69, 9.17) is 9.15 Å². The summed E-state index contributed by atoms with van der Waals surface area (Å²) in [5, 5.41) is 3.40. The lowest BCUT2D eigenvalue weighted by Crippen LogP contribution is -2.07. The highest BCUT2D eigenvalue weighted by atomic mass is 16.5. The Balaban J connectivity index is 1.74. The van der Waals surface area contributed by atoms with Gasteiger partial charge in [-0.3, -0.25) is 10.1 Å². The smallest absolute Gasteiger partial charge is 0.302 e. The number of methoxy groups -OCH3 is 1. The fourth-order valence-electron chi connectivity index (χ4n) is 2.69. The molecule has 0 aliphatic carbocycles. The number of fused-ring (bicyclic) bond motifs is 1. The number of hydrogen-bond acceptors (Lipinski definition) is 6. The highest BCUT2D eigenvalue weighted by molar-refractivity contribution is 5.98. The quantitative estimate of drug-likeness (QED) is 0.528. The van der Waals surface area contributed by atoms with Crippen LogP contribution in [0.4, 0.5) is 6.01 Å². The van der Waals surface area contributed by atoms with Gasteiger partial charge in [0.1, 0.15) is 17.6 Å². The first-order valence-electron chi connectivity index (χ1n) is 8.05. The molecule has 0 aliphatic heterocycles. The van der Waals surface area contributed by atoms with Crippen molar-refractivity contribution < 1.29 is 13.9 Å². The number of H-pyrrole nitrogens is 1. The first-order valence-corrected chi connectivity index (χ1v) is 8.05. The number of carbonyl (C=O) groups is 1. The summed E-state index contributed by atoms with van der Waals surface area (Å²) >= 11 is 0. The summed E-state index contributed by atoms with van der Waals surface area (Å²) in [5.74, 6) is 0.140. The van der Waals surface area contributed by atoms with E-state index in [1.54, 1.807) is 19.5 Å². The van der Waals surface area contributed by atoms with Crippen LogP contribution in [0.1, 0.15) is 0 Å². The van der Waals surface area contributed by atoms with Crippen molar-refractivity contribution in [1.82, 2.24) is 19.9 Å². The zero-order chi connectivity index (χ0) is 18.8. The highest BCUT2D eigenvalue weighted by Gasteiger charge is 2.13. The van der Waals surface area contributed by atoms with E-state index in [0.717, 1.165) is 33.8 Å². The standard InChI is InChI=1S/C19H15N5O3/c1-3-16(25)24-19-23-15(10-27-19)12-6-13-14(9-22-18(13)21-8-12)11-4-5-20-17(7-11)26-2/h3-10H,1H2,2H3,(H,21,22)(H,23,24,25). The van der Waals surface area contributed by atoms with E-state index in [2.05, 4.69) is 31.8 Å². The second kappa shape index (κ2) is 6.75. The average Bonchev–Trinajstić information content (AvgIpc) is 3.34. The number of aromatic nitrogens is 4. The molecule has 2 N–H and O–H groups in total. The molecule has 0 atom stereocenters. The number of hydrogen-bond donors (Lipinski definition) is 2. The van der Waals surface area contributed by atoms with Gasteiger partial charge < -0.3 is 14.1 Å². The number of carbonyl (C=O) groups excluding carboxylic acids is 1. The molecule has 134 valence electrons. The molecule has 0 unspecified atom stereocenters. The number of rotatable bonds is 5. The Kier molecular flexibility index (Phi) is 4.13. The molecule has 0 aromatic carbocycles. The number of ether oxygens (including phenoxy) is 1. The molecule has 8 heteroatoms. The van der Waals surface area contributed by atoms with Crippen LogP contribution in [0.15, 0.2) is 60.1 Å². The lowest BCUT2D eigenvalue weighted by molar-refractivity contribution is -0.112.